The van der Waals surface area contributed by atoms with Gasteiger partial charge in [-0.05, 0) is 37.9 Å². The number of para-hydroxylation sites is 1. The first-order chi connectivity index (χ1) is 9.61. The van der Waals surface area contributed by atoms with Gasteiger partial charge < -0.3 is 10.5 Å². The number of benzene rings is 1. The third-order valence-corrected chi connectivity index (χ3v) is 5.72. The average molecular weight is 298 g/mol. The van der Waals surface area contributed by atoms with Crippen molar-refractivity contribution < 1.29 is 13.2 Å². The van der Waals surface area contributed by atoms with Gasteiger partial charge in [0, 0.05) is 12.6 Å². The molecule has 0 aliphatic carbocycles. The molecule has 1 atom stereocenters. The van der Waals surface area contributed by atoms with Gasteiger partial charge in [-0.15, -0.1) is 0 Å². The van der Waals surface area contributed by atoms with Gasteiger partial charge in [-0.2, -0.15) is 4.31 Å². The molecule has 1 unspecified atom stereocenters. The Morgan fingerprint density at radius 2 is 2.10 bits per heavy atom. The summed E-state index contributed by atoms with van der Waals surface area (Å²) < 4.78 is 32.5. The van der Waals surface area contributed by atoms with E-state index >= 15 is 0 Å². The molecule has 2 N–H and O–H groups in total. The molecule has 0 spiro atoms. The Kier molecular flexibility index (Phi) is 5.01. The molecule has 1 aromatic carbocycles. The quantitative estimate of drug-likeness (QED) is 0.896. The highest BCUT2D eigenvalue weighted by molar-refractivity contribution is 7.89. The van der Waals surface area contributed by atoms with E-state index in [0.717, 1.165) is 19.3 Å². The third-order valence-electron chi connectivity index (χ3n) is 3.73. The molecule has 1 aromatic rings. The van der Waals surface area contributed by atoms with Crippen molar-refractivity contribution in [2.45, 2.75) is 36.6 Å². The summed E-state index contributed by atoms with van der Waals surface area (Å²) in [6.07, 6.45) is 3.54. The molecule has 0 saturated carbocycles. The second kappa shape index (κ2) is 6.56. The van der Waals surface area contributed by atoms with Crippen LogP contribution in [-0.4, -0.2) is 39.0 Å². The van der Waals surface area contributed by atoms with E-state index in [0.29, 0.717) is 25.3 Å². The number of hydrogen-bond acceptors (Lipinski definition) is 4. The van der Waals surface area contributed by atoms with Gasteiger partial charge in [-0.1, -0.05) is 18.6 Å². The van der Waals surface area contributed by atoms with Gasteiger partial charge in [-0.3, -0.25) is 0 Å². The normalized spacial score (nSPS) is 20.8. The number of ether oxygens (including phenoxy) is 1. The van der Waals surface area contributed by atoms with Crippen LogP contribution in [0.4, 0.5) is 0 Å². The second-order valence-electron chi connectivity index (χ2n) is 4.99. The Morgan fingerprint density at radius 1 is 1.35 bits per heavy atom. The average Bonchev–Trinajstić information content (AvgIpc) is 2.48. The maximum absolute atomic E-state index is 12.9. The highest BCUT2D eigenvalue weighted by Crippen LogP contribution is 2.31. The van der Waals surface area contributed by atoms with Gasteiger partial charge in [0.15, 0.2) is 0 Å². The molecule has 0 aromatic heterocycles. The Hall–Kier alpha value is -1.11. The molecule has 20 heavy (non-hydrogen) atoms. The summed E-state index contributed by atoms with van der Waals surface area (Å²) in [6.45, 7) is 1.06. The zero-order chi connectivity index (χ0) is 14.6. The van der Waals surface area contributed by atoms with E-state index in [2.05, 4.69) is 0 Å². The summed E-state index contributed by atoms with van der Waals surface area (Å²) in [5.74, 6) is 0.393. The molecule has 112 valence electrons. The molecular weight excluding hydrogens is 276 g/mol. The molecule has 1 aliphatic rings. The van der Waals surface area contributed by atoms with Crippen LogP contribution < -0.4 is 10.5 Å². The van der Waals surface area contributed by atoms with Crippen LogP contribution in [0.25, 0.3) is 0 Å². The minimum Gasteiger partial charge on any atom is -0.495 e. The molecule has 1 fully saturated rings. The van der Waals surface area contributed by atoms with Crippen LogP contribution in [0.15, 0.2) is 29.2 Å². The van der Waals surface area contributed by atoms with E-state index in [-0.39, 0.29) is 10.9 Å². The van der Waals surface area contributed by atoms with Crippen LogP contribution in [0.3, 0.4) is 0 Å². The fourth-order valence-corrected chi connectivity index (χ4v) is 4.61. The van der Waals surface area contributed by atoms with E-state index in [1.165, 1.54) is 7.11 Å². The maximum Gasteiger partial charge on any atom is 0.247 e. The predicted octanol–water partition coefficient (Wildman–Crippen LogP) is 1.59. The number of nitrogens with zero attached hydrogens (tertiary/aromatic N) is 1. The first-order valence-corrected chi connectivity index (χ1v) is 8.40. The maximum atomic E-state index is 12.9. The molecule has 0 amide bonds. The molecule has 1 saturated heterocycles. The number of methoxy groups -OCH3 is 1. The van der Waals surface area contributed by atoms with E-state index in [9.17, 15) is 8.42 Å². The molecule has 0 radical (unpaired) electrons. The summed E-state index contributed by atoms with van der Waals surface area (Å²) in [7, 11) is -2.04. The van der Waals surface area contributed by atoms with Gasteiger partial charge in [0.25, 0.3) is 0 Å². The van der Waals surface area contributed by atoms with E-state index in [1.54, 1.807) is 28.6 Å². The largest absolute Gasteiger partial charge is 0.495 e. The lowest BCUT2D eigenvalue weighted by Gasteiger charge is -2.34. The molecule has 2 rings (SSSR count). The molecule has 1 aliphatic heterocycles. The van der Waals surface area contributed by atoms with Crippen molar-refractivity contribution in [1.29, 1.82) is 0 Å². The zero-order valence-corrected chi connectivity index (χ0v) is 12.6. The molecule has 5 nitrogen and oxygen atoms in total. The molecule has 6 heteroatoms. The molecular formula is C14H22N2O3S. The van der Waals surface area contributed by atoms with Crippen LogP contribution >= 0.6 is 0 Å². The summed E-state index contributed by atoms with van der Waals surface area (Å²) in [4.78, 5) is 0.242. The first kappa shape index (κ1) is 15.3. The lowest BCUT2D eigenvalue weighted by atomic mass is 10.0. The highest BCUT2D eigenvalue weighted by Gasteiger charge is 2.34. The van der Waals surface area contributed by atoms with Gasteiger partial charge in [0.1, 0.15) is 10.6 Å². The fraction of sp³-hybridized carbons (Fsp3) is 0.571. The van der Waals surface area contributed by atoms with Crippen LogP contribution in [0.1, 0.15) is 25.7 Å². The topological polar surface area (TPSA) is 72.6 Å². The number of hydrogen-bond donors (Lipinski definition) is 1. The monoisotopic (exact) mass is 298 g/mol. The predicted molar refractivity (Wildman–Crippen MR) is 78.2 cm³/mol. The van der Waals surface area contributed by atoms with Crippen LogP contribution in [-0.2, 0) is 10.0 Å². The standard InChI is InChI=1S/C14H22N2O3S/c1-19-13-7-2-3-8-14(13)20(17,18)16-11-5-4-6-12(16)9-10-15/h2-3,7-8,12H,4-6,9-11,15H2,1H3. The van der Waals surface area contributed by atoms with Gasteiger partial charge >= 0.3 is 0 Å². The van der Waals surface area contributed by atoms with Crippen molar-refractivity contribution >= 4 is 10.0 Å². The summed E-state index contributed by atoms with van der Waals surface area (Å²) in [6, 6.07) is 6.77. The number of nitrogens with two attached hydrogens (primary N) is 1. The minimum atomic E-state index is -3.52. The summed E-state index contributed by atoms with van der Waals surface area (Å²) in [5, 5.41) is 0. The van der Waals surface area contributed by atoms with Crippen LogP contribution in [0, 0.1) is 0 Å². The Labute approximate surface area is 120 Å². The van der Waals surface area contributed by atoms with E-state index < -0.39 is 10.0 Å². The molecule has 0 bridgehead atoms. The van der Waals surface area contributed by atoms with Gasteiger partial charge in [0.05, 0.1) is 7.11 Å². The molecule has 1 heterocycles. The van der Waals surface area contributed by atoms with Crippen molar-refractivity contribution in [1.82, 2.24) is 4.31 Å². The third kappa shape index (κ3) is 2.97. The lowest BCUT2D eigenvalue weighted by Crippen LogP contribution is -2.44. The number of piperidine rings is 1. The van der Waals surface area contributed by atoms with Crippen molar-refractivity contribution in [3.8, 4) is 5.75 Å². The van der Waals surface area contributed by atoms with E-state index in [4.69, 9.17) is 10.5 Å². The zero-order valence-electron chi connectivity index (χ0n) is 11.8. The highest BCUT2D eigenvalue weighted by atomic mass is 32.2. The van der Waals surface area contributed by atoms with Crippen molar-refractivity contribution in [2.75, 3.05) is 20.2 Å². The summed E-state index contributed by atoms with van der Waals surface area (Å²) in [5.41, 5.74) is 5.61. The van der Waals surface area contributed by atoms with Gasteiger partial charge in [-0.25, -0.2) is 8.42 Å². The SMILES string of the molecule is COc1ccccc1S(=O)(=O)N1CCCCC1CCN. The Morgan fingerprint density at radius 3 is 2.80 bits per heavy atom. The second-order valence-corrected chi connectivity index (χ2v) is 6.85. The van der Waals surface area contributed by atoms with Crippen molar-refractivity contribution in [2.24, 2.45) is 5.73 Å². The smallest absolute Gasteiger partial charge is 0.247 e. The van der Waals surface area contributed by atoms with Gasteiger partial charge in [0.2, 0.25) is 10.0 Å². The number of sulfonamides is 1. The Bertz CT molecular complexity index is 543. The van der Waals surface area contributed by atoms with E-state index in [1.807, 2.05) is 0 Å². The van der Waals surface area contributed by atoms with Crippen LogP contribution in [0.5, 0.6) is 5.75 Å². The minimum absolute atomic E-state index is 0.00339. The fourth-order valence-electron chi connectivity index (χ4n) is 2.73. The number of rotatable bonds is 5. The summed E-state index contributed by atoms with van der Waals surface area (Å²) >= 11 is 0. The van der Waals surface area contributed by atoms with Crippen molar-refractivity contribution in [3.05, 3.63) is 24.3 Å². The van der Waals surface area contributed by atoms with Crippen LogP contribution in [0.2, 0.25) is 0 Å². The first-order valence-electron chi connectivity index (χ1n) is 6.96. The lowest BCUT2D eigenvalue weighted by molar-refractivity contribution is 0.242. The van der Waals surface area contributed by atoms with Crippen molar-refractivity contribution in [3.63, 3.8) is 0 Å². The Balaban J connectivity index is 2.37.